The lowest BCUT2D eigenvalue weighted by Crippen LogP contribution is -2.33. The van der Waals surface area contributed by atoms with Gasteiger partial charge in [-0.3, -0.25) is 4.79 Å². The van der Waals surface area contributed by atoms with Crippen LogP contribution in [-0.2, 0) is 19.1 Å². The first-order valence-corrected chi connectivity index (χ1v) is 16.9. The van der Waals surface area contributed by atoms with Crippen molar-refractivity contribution in [3.05, 3.63) is 12.2 Å². The molecular weight excluding hydrogens is 500 g/mol. The summed E-state index contributed by atoms with van der Waals surface area (Å²) in [4.78, 5) is 24.2. The van der Waals surface area contributed by atoms with E-state index in [9.17, 15) is 14.7 Å². The molecule has 5 unspecified atom stereocenters. The highest BCUT2D eigenvalue weighted by molar-refractivity contribution is 5.87. The summed E-state index contributed by atoms with van der Waals surface area (Å²) in [6.45, 7) is 9.62. The summed E-state index contributed by atoms with van der Waals surface area (Å²) in [5.74, 6) is 4.27. The van der Waals surface area contributed by atoms with Gasteiger partial charge in [-0.1, -0.05) is 104 Å². The molecule has 3 fully saturated rings. The molecule has 3 aliphatic rings. The lowest BCUT2D eigenvalue weighted by atomic mass is 9.63. The van der Waals surface area contributed by atoms with E-state index in [2.05, 4.69) is 13.5 Å². The van der Waals surface area contributed by atoms with Crippen LogP contribution in [0.5, 0.6) is 0 Å². The van der Waals surface area contributed by atoms with Crippen molar-refractivity contribution < 1.29 is 24.2 Å². The SMILES string of the molecule is C=C(CO)C(=O)OCC(COC(=O)C(C)C)CC1CCC2CC(CCC3CCC(CCCCC)CC3)CCC2C1. The van der Waals surface area contributed by atoms with Crippen LogP contribution >= 0.6 is 0 Å². The van der Waals surface area contributed by atoms with Crippen molar-refractivity contribution in [3.63, 3.8) is 0 Å². The Bertz CT molecular complexity index is 768. The molecule has 3 saturated carbocycles. The van der Waals surface area contributed by atoms with Crippen LogP contribution in [-0.4, -0.2) is 36.9 Å². The lowest BCUT2D eigenvalue weighted by Gasteiger charge is -2.43. The smallest absolute Gasteiger partial charge is 0.335 e. The third-order valence-electron chi connectivity index (χ3n) is 10.5. The summed E-state index contributed by atoms with van der Waals surface area (Å²) >= 11 is 0. The van der Waals surface area contributed by atoms with E-state index in [0.717, 1.165) is 36.0 Å². The molecule has 5 atom stereocenters. The van der Waals surface area contributed by atoms with Crippen molar-refractivity contribution in [2.45, 2.75) is 130 Å². The first kappa shape index (κ1) is 33.1. The number of carbonyl (C=O) groups excluding carboxylic acids is 2. The number of aliphatic hydroxyl groups is 1. The minimum absolute atomic E-state index is 0.0160. The number of carbonyl (C=O) groups is 2. The number of unbranched alkanes of at least 4 members (excludes halogenated alkanes) is 2. The van der Waals surface area contributed by atoms with E-state index in [1.807, 2.05) is 13.8 Å². The third-order valence-corrected chi connectivity index (χ3v) is 10.5. The minimum atomic E-state index is -0.565. The molecule has 3 rings (SSSR count). The van der Waals surface area contributed by atoms with Crippen molar-refractivity contribution in [1.82, 2.24) is 0 Å². The quantitative estimate of drug-likeness (QED) is 0.117. The van der Waals surface area contributed by atoms with Crippen molar-refractivity contribution in [2.75, 3.05) is 19.8 Å². The van der Waals surface area contributed by atoms with Gasteiger partial charge < -0.3 is 14.6 Å². The van der Waals surface area contributed by atoms with Crippen LogP contribution < -0.4 is 0 Å². The molecule has 0 bridgehead atoms. The average Bonchev–Trinajstić information content (AvgIpc) is 2.97. The zero-order valence-corrected chi connectivity index (χ0v) is 26.0. The Morgan fingerprint density at radius 2 is 1.32 bits per heavy atom. The van der Waals surface area contributed by atoms with E-state index in [1.54, 1.807) is 0 Å². The summed E-state index contributed by atoms with van der Waals surface area (Å²) in [5, 5.41) is 9.17. The fraction of sp³-hybridized carbons (Fsp3) is 0.886. The van der Waals surface area contributed by atoms with Crippen molar-refractivity contribution in [3.8, 4) is 0 Å². The molecule has 5 nitrogen and oxygen atoms in total. The maximum Gasteiger partial charge on any atom is 0.335 e. The molecule has 0 heterocycles. The molecule has 0 saturated heterocycles. The maximum atomic E-state index is 12.1. The normalized spacial score (nSPS) is 29.4. The van der Waals surface area contributed by atoms with Crippen molar-refractivity contribution >= 4 is 11.9 Å². The third kappa shape index (κ3) is 11.1. The van der Waals surface area contributed by atoms with E-state index >= 15 is 0 Å². The number of hydrogen-bond acceptors (Lipinski definition) is 5. The van der Waals surface area contributed by atoms with Crippen molar-refractivity contribution in [1.29, 1.82) is 0 Å². The topological polar surface area (TPSA) is 72.8 Å². The van der Waals surface area contributed by atoms with Gasteiger partial charge in [0.05, 0.1) is 31.3 Å². The van der Waals surface area contributed by atoms with Gasteiger partial charge in [-0.15, -0.1) is 0 Å². The van der Waals surface area contributed by atoms with Crippen molar-refractivity contribution in [2.24, 2.45) is 47.3 Å². The molecule has 5 heteroatoms. The fourth-order valence-electron chi connectivity index (χ4n) is 7.91. The molecule has 230 valence electrons. The Kier molecular flexibility index (Phi) is 14.6. The largest absolute Gasteiger partial charge is 0.465 e. The van der Waals surface area contributed by atoms with Crippen LogP contribution in [0.25, 0.3) is 0 Å². The highest BCUT2D eigenvalue weighted by Crippen LogP contribution is 2.47. The zero-order valence-electron chi connectivity index (χ0n) is 26.0. The minimum Gasteiger partial charge on any atom is -0.465 e. The summed E-state index contributed by atoms with van der Waals surface area (Å²) in [5.41, 5.74) is 0.0604. The van der Waals surface area contributed by atoms with Gasteiger partial charge in [0.1, 0.15) is 0 Å². The molecule has 3 aliphatic carbocycles. The Morgan fingerprint density at radius 3 is 1.95 bits per heavy atom. The van der Waals surface area contributed by atoms with E-state index in [1.165, 1.54) is 103 Å². The highest BCUT2D eigenvalue weighted by atomic mass is 16.5. The first-order valence-electron chi connectivity index (χ1n) is 16.9. The molecule has 0 amide bonds. The van der Waals surface area contributed by atoms with Crippen LogP contribution in [0.4, 0.5) is 0 Å². The average molecular weight is 561 g/mol. The number of aliphatic hydroxyl groups excluding tert-OH is 1. The van der Waals surface area contributed by atoms with Gasteiger partial charge in [0.15, 0.2) is 0 Å². The lowest BCUT2D eigenvalue weighted by molar-refractivity contribution is -0.150. The van der Waals surface area contributed by atoms with Crippen LogP contribution in [0.3, 0.4) is 0 Å². The second kappa shape index (κ2) is 17.6. The van der Waals surface area contributed by atoms with Gasteiger partial charge in [-0.05, 0) is 67.6 Å². The van der Waals surface area contributed by atoms with E-state index in [-0.39, 0.29) is 36.6 Å². The van der Waals surface area contributed by atoms with Gasteiger partial charge >= 0.3 is 11.9 Å². The molecule has 0 spiro atoms. The monoisotopic (exact) mass is 560 g/mol. The Morgan fingerprint density at radius 1 is 0.775 bits per heavy atom. The number of rotatable bonds is 16. The van der Waals surface area contributed by atoms with Crippen LogP contribution in [0, 0.1) is 47.3 Å². The predicted molar refractivity (Wildman–Crippen MR) is 162 cm³/mol. The summed E-state index contributed by atoms with van der Waals surface area (Å²) in [7, 11) is 0. The molecule has 0 radical (unpaired) electrons. The Hall–Kier alpha value is -1.36. The van der Waals surface area contributed by atoms with Gasteiger partial charge in [0.25, 0.3) is 0 Å². The van der Waals surface area contributed by atoms with Gasteiger partial charge in [0, 0.05) is 5.92 Å². The second-order valence-corrected chi connectivity index (χ2v) is 14.1. The van der Waals surface area contributed by atoms with Crippen LogP contribution in [0.15, 0.2) is 12.2 Å². The van der Waals surface area contributed by atoms with Gasteiger partial charge in [-0.2, -0.15) is 0 Å². The number of ether oxygens (including phenoxy) is 2. The number of esters is 2. The second-order valence-electron chi connectivity index (χ2n) is 14.1. The van der Waals surface area contributed by atoms with Crippen LogP contribution in [0.2, 0.25) is 0 Å². The van der Waals surface area contributed by atoms with Crippen LogP contribution in [0.1, 0.15) is 130 Å². The fourth-order valence-corrected chi connectivity index (χ4v) is 7.91. The molecule has 0 aromatic heterocycles. The summed E-state index contributed by atoms with van der Waals surface area (Å²) < 4.78 is 11.0. The van der Waals surface area contributed by atoms with E-state index in [4.69, 9.17) is 9.47 Å². The molecule has 0 aromatic carbocycles. The van der Waals surface area contributed by atoms with E-state index < -0.39 is 12.6 Å². The Labute approximate surface area is 245 Å². The molecule has 0 aliphatic heterocycles. The number of fused-ring (bicyclic) bond motifs is 1. The molecular formula is C35H60O5. The molecule has 0 aromatic rings. The maximum absolute atomic E-state index is 12.1. The van der Waals surface area contributed by atoms with Gasteiger partial charge in [0.2, 0.25) is 0 Å². The Balaban J connectivity index is 1.39. The predicted octanol–water partition coefficient (Wildman–Crippen LogP) is 8.28. The highest BCUT2D eigenvalue weighted by Gasteiger charge is 2.36. The summed E-state index contributed by atoms with van der Waals surface area (Å²) in [6, 6.07) is 0. The van der Waals surface area contributed by atoms with Gasteiger partial charge in [-0.25, -0.2) is 4.79 Å². The first-order chi connectivity index (χ1) is 19.3. The zero-order chi connectivity index (χ0) is 28.9. The molecule has 40 heavy (non-hydrogen) atoms. The molecule has 1 N–H and O–H groups in total. The standard InChI is InChI=1S/C35H60O5/c1-5-6-7-8-27-9-11-28(12-10-27)13-14-29-15-17-33-21-30(16-18-32(33)20-29)19-31(23-39-34(37)25(2)3)24-40-35(38)26(4)22-36/h25,27-33,36H,4-24H2,1-3H3. The summed E-state index contributed by atoms with van der Waals surface area (Å²) in [6.07, 6.45) is 23.4. The van der Waals surface area contributed by atoms with E-state index in [0.29, 0.717) is 5.92 Å². The number of hydrogen-bond donors (Lipinski definition) is 1.